The Morgan fingerprint density at radius 2 is 0.642 bits per heavy atom. The number of anilines is 1. The van der Waals surface area contributed by atoms with E-state index in [4.69, 9.17) is 5.73 Å². The molecule has 0 bridgehead atoms. The van der Waals surface area contributed by atoms with Crippen LogP contribution >= 0.6 is 15.8 Å². The van der Waals surface area contributed by atoms with Crippen molar-refractivity contribution in [2.75, 3.05) is 5.73 Å². The Balaban J connectivity index is 0.000000215. The van der Waals surface area contributed by atoms with Crippen molar-refractivity contribution in [1.82, 2.24) is 0 Å². The molecule has 0 amide bonds. The monoisotopic (exact) mass is 852 g/mol. The van der Waals surface area contributed by atoms with Gasteiger partial charge in [-0.25, -0.2) is 8.42 Å². The molecule has 0 fully saturated rings. The molecule has 0 saturated heterocycles. The van der Waals surface area contributed by atoms with E-state index in [2.05, 4.69) is 182 Å². The molecule has 0 atom stereocenters. The summed E-state index contributed by atoms with van der Waals surface area (Å²) in [7, 11) is -6.20. The summed E-state index contributed by atoms with van der Waals surface area (Å²) in [6.45, 7) is 3.52. The third-order valence-corrected chi connectivity index (χ3v) is 14.6. The maximum absolute atomic E-state index is 10.7. The summed E-state index contributed by atoms with van der Waals surface area (Å²) in [5.74, 6) is 0. The Bertz CT molecular complexity index is 1890. The predicted octanol–water partition coefficient (Wildman–Crippen LogP) is 6.22. The molecule has 0 unspecified atom stereocenters. The molecule has 0 radical (unpaired) electrons. The Labute approximate surface area is 332 Å². The molecule has 0 aliphatic rings. The van der Waals surface area contributed by atoms with E-state index >= 15 is 0 Å². The van der Waals surface area contributed by atoms with E-state index in [1.807, 2.05) is 0 Å². The number of rotatable bonds is 7. The molecule has 0 saturated carbocycles. The second kappa shape index (κ2) is 21.5. The smallest absolute Gasteiger partial charge is 0.744 e. The summed E-state index contributed by atoms with van der Waals surface area (Å²) >= 11 is 0. The molecular weight excluding hydrogens is 808 g/mol. The Kier molecular flexibility index (Phi) is 17.5. The van der Waals surface area contributed by atoms with Gasteiger partial charge in [-0.3, -0.25) is 0 Å². The standard InChI is InChI=1S/2C18H15P.C8H11NO3S.Ag.H2O/c2*1-4-10-16(11-5-1)19(17-12-6-2-7-13-17)18-14-8-3-9-15-18;1-5-3-7(9)8(4-6(5)2)13(10,11)12;;/h2*1-15H;3-4H,9H2,1-2H3,(H,10,11,12);;1H2/q;;;+1;/p+2. The number of hydrogen-bond donors (Lipinski definition) is 1. The van der Waals surface area contributed by atoms with Gasteiger partial charge < -0.3 is 15.8 Å². The topological polar surface area (TPSA) is 116 Å². The molecule has 7 aromatic rings. The van der Waals surface area contributed by atoms with Gasteiger partial charge in [0.15, 0.2) is 0 Å². The van der Waals surface area contributed by atoms with Gasteiger partial charge in [0, 0.05) is 5.69 Å². The summed E-state index contributed by atoms with van der Waals surface area (Å²) in [6, 6.07) is 67.8. The molecular formula is C44H45AgNO4P2S+3. The minimum atomic E-state index is -4.45. The first-order chi connectivity index (χ1) is 24.7. The van der Waals surface area contributed by atoms with Crippen LogP contribution in [0.5, 0.6) is 0 Å². The molecule has 0 heterocycles. The van der Waals surface area contributed by atoms with Gasteiger partial charge in [-0.15, -0.1) is 0 Å². The van der Waals surface area contributed by atoms with E-state index in [9.17, 15) is 13.0 Å². The minimum Gasteiger partial charge on any atom is -0.744 e. The van der Waals surface area contributed by atoms with E-state index < -0.39 is 26.0 Å². The van der Waals surface area contributed by atoms with Crippen LogP contribution < -0.4 is 37.6 Å². The van der Waals surface area contributed by atoms with Crippen molar-refractivity contribution in [3.63, 3.8) is 0 Å². The fourth-order valence-corrected chi connectivity index (χ4v) is 11.5. The van der Waals surface area contributed by atoms with Crippen molar-refractivity contribution in [2.24, 2.45) is 0 Å². The fourth-order valence-electron chi connectivity index (χ4n) is 5.66. The van der Waals surface area contributed by atoms with Crippen LogP contribution in [0.3, 0.4) is 0 Å². The van der Waals surface area contributed by atoms with Crippen molar-refractivity contribution in [3.05, 3.63) is 205 Å². The van der Waals surface area contributed by atoms with Crippen molar-refractivity contribution >= 4 is 63.5 Å². The Morgan fingerprint density at radius 3 is 0.849 bits per heavy atom. The summed E-state index contributed by atoms with van der Waals surface area (Å²) in [5, 5.41) is 8.61. The van der Waals surface area contributed by atoms with Gasteiger partial charge in [0.25, 0.3) is 0 Å². The second-order valence-corrected chi connectivity index (χ2v) is 18.2. The summed E-state index contributed by atoms with van der Waals surface area (Å²) < 4.78 is 32.0. The molecule has 0 spiro atoms. The molecule has 0 aromatic heterocycles. The third kappa shape index (κ3) is 12.4. The number of benzene rings is 7. The molecule has 53 heavy (non-hydrogen) atoms. The van der Waals surface area contributed by atoms with Crippen LogP contribution in [-0.4, -0.2) is 13.0 Å². The average Bonchev–Trinajstić information content (AvgIpc) is 3.16. The van der Waals surface area contributed by atoms with Crippen molar-refractivity contribution in [1.29, 1.82) is 0 Å². The van der Waals surface area contributed by atoms with E-state index in [0.29, 0.717) is 0 Å². The van der Waals surface area contributed by atoms with Crippen LogP contribution in [-0.2, 0) is 38.0 Å². The first-order valence-corrected chi connectivity index (χ1v) is 21.0. The van der Waals surface area contributed by atoms with Crippen LogP contribution in [0.25, 0.3) is 0 Å². The van der Waals surface area contributed by atoms with E-state index in [-0.39, 0.29) is 38.4 Å². The largest absolute Gasteiger partial charge is 1.00 e. The average molecular weight is 854 g/mol. The van der Waals surface area contributed by atoms with E-state index in [1.165, 1.54) is 44.0 Å². The minimum absolute atomic E-state index is 0. The van der Waals surface area contributed by atoms with Gasteiger partial charge >= 0.3 is 22.4 Å². The molecule has 0 aliphatic carbocycles. The van der Waals surface area contributed by atoms with Crippen LogP contribution in [0.1, 0.15) is 11.1 Å². The van der Waals surface area contributed by atoms with Crippen molar-refractivity contribution in [3.8, 4) is 0 Å². The zero-order chi connectivity index (χ0) is 36.1. The predicted molar refractivity (Wildman–Crippen MR) is 226 cm³/mol. The van der Waals surface area contributed by atoms with Crippen LogP contribution in [0.2, 0.25) is 0 Å². The van der Waals surface area contributed by atoms with E-state index in [1.54, 1.807) is 13.8 Å². The second-order valence-electron chi connectivity index (χ2n) is 11.9. The number of nitrogen functional groups attached to an aromatic ring is 1. The van der Waals surface area contributed by atoms with Gasteiger partial charge in [-0.2, -0.15) is 0 Å². The van der Waals surface area contributed by atoms with Crippen LogP contribution in [0, 0.1) is 13.8 Å². The molecule has 5 nitrogen and oxygen atoms in total. The maximum atomic E-state index is 10.7. The summed E-state index contributed by atoms with van der Waals surface area (Å²) in [6.07, 6.45) is 0. The molecule has 7 aromatic carbocycles. The van der Waals surface area contributed by atoms with Gasteiger partial charge in [0.1, 0.15) is 41.9 Å². The van der Waals surface area contributed by atoms with Crippen LogP contribution in [0.15, 0.2) is 199 Å². The van der Waals surface area contributed by atoms with Gasteiger partial charge in [-0.05, 0) is 110 Å². The zero-order valence-electron chi connectivity index (χ0n) is 29.6. The maximum Gasteiger partial charge on any atom is 1.00 e. The van der Waals surface area contributed by atoms with Crippen molar-refractivity contribution in [2.45, 2.75) is 18.7 Å². The number of aryl methyl sites for hydroxylation is 2. The first-order valence-electron chi connectivity index (χ1n) is 16.6. The molecule has 274 valence electrons. The summed E-state index contributed by atoms with van der Waals surface area (Å²) in [4.78, 5) is -0.337. The summed E-state index contributed by atoms with van der Waals surface area (Å²) in [5.41, 5.74) is 7.01. The molecule has 7 rings (SSSR count). The van der Waals surface area contributed by atoms with E-state index in [0.717, 1.165) is 11.1 Å². The first kappa shape index (κ1) is 43.2. The molecule has 9 heteroatoms. The number of nitrogens with two attached hydrogens (primary N) is 1. The molecule has 0 aliphatic heterocycles. The Morgan fingerprint density at radius 1 is 0.434 bits per heavy atom. The quantitative estimate of drug-likeness (QED) is 0.0675. The SMILES string of the molecule is Cc1cc(N)c(S(=O)(=O)[O-])cc1C.[Ag+].[OH3+].c1ccc([PH+](c2ccccc2)c2ccccc2)cc1.c1ccc([PH+](c2ccccc2)c2ccccc2)cc1. The van der Waals surface area contributed by atoms with Gasteiger partial charge in [0.2, 0.25) is 0 Å². The molecule has 5 N–H and O–H groups in total. The fraction of sp³-hybridized carbons (Fsp3) is 0.0455. The third-order valence-electron chi connectivity index (χ3n) is 8.27. The number of hydrogen-bond acceptors (Lipinski definition) is 4. The Hall–Kier alpha value is -4.19. The normalized spacial score (nSPS) is 10.4. The van der Waals surface area contributed by atoms with Gasteiger partial charge in [0.05, 0.1) is 20.7 Å². The zero-order valence-corrected chi connectivity index (χ0v) is 33.9. The van der Waals surface area contributed by atoms with Gasteiger partial charge in [-0.1, -0.05) is 109 Å². The van der Waals surface area contributed by atoms with Crippen molar-refractivity contribution < 1.29 is 40.8 Å². The van der Waals surface area contributed by atoms with Crippen LogP contribution in [0.4, 0.5) is 5.69 Å².